The number of anilines is 1. The van der Waals surface area contributed by atoms with Gasteiger partial charge in [-0.3, -0.25) is 4.72 Å². The Labute approximate surface area is 124 Å². The Bertz CT molecular complexity index is 506. The molecule has 0 amide bonds. The molecule has 1 aromatic rings. The molecule has 0 radical (unpaired) electrons. The van der Waals surface area contributed by atoms with Crippen LogP contribution in [0.3, 0.4) is 0 Å². The van der Waals surface area contributed by atoms with Crippen molar-refractivity contribution in [1.82, 2.24) is 5.32 Å². The maximum atomic E-state index is 12.0. The molecule has 6 heteroatoms. The van der Waals surface area contributed by atoms with Crippen molar-refractivity contribution in [3.8, 4) is 0 Å². The maximum absolute atomic E-state index is 12.0. The number of hydrogen-bond acceptors (Lipinski definition) is 3. The molecule has 0 atom stereocenters. The standard InChI is InChI=1S/C13H21BrN2O2S/c1-10-8-11(2)13(12(14)9-10)16-19(17,18)7-5-4-6-15-3/h8-9,15-16H,4-7H2,1-3H3. The summed E-state index contributed by atoms with van der Waals surface area (Å²) in [4.78, 5) is 0. The van der Waals surface area contributed by atoms with Gasteiger partial charge in [0, 0.05) is 4.47 Å². The van der Waals surface area contributed by atoms with Crippen LogP contribution in [-0.4, -0.2) is 27.8 Å². The summed E-state index contributed by atoms with van der Waals surface area (Å²) in [6.07, 6.45) is 1.50. The highest BCUT2D eigenvalue weighted by Gasteiger charge is 2.14. The average molecular weight is 349 g/mol. The molecule has 0 saturated heterocycles. The van der Waals surface area contributed by atoms with Crippen LogP contribution in [-0.2, 0) is 10.0 Å². The van der Waals surface area contributed by atoms with Gasteiger partial charge in [0.25, 0.3) is 0 Å². The zero-order valence-corrected chi connectivity index (χ0v) is 14.0. The molecule has 0 aliphatic carbocycles. The third-order valence-electron chi connectivity index (χ3n) is 2.78. The normalized spacial score (nSPS) is 11.6. The number of sulfonamides is 1. The summed E-state index contributed by atoms with van der Waals surface area (Å²) in [5.74, 6) is 0.147. The molecule has 0 bridgehead atoms. The van der Waals surface area contributed by atoms with Crippen LogP contribution in [0.2, 0.25) is 0 Å². The van der Waals surface area contributed by atoms with E-state index in [1.54, 1.807) is 0 Å². The van der Waals surface area contributed by atoms with E-state index >= 15 is 0 Å². The predicted molar refractivity (Wildman–Crippen MR) is 84.2 cm³/mol. The summed E-state index contributed by atoms with van der Waals surface area (Å²) in [5, 5.41) is 3.01. The van der Waals surface area contributed by atoms with Gasteiger partial charge in [-0.2, -0.15) is 0 Å². The Morgan fingerprint density at radius 2 is 1.89 bits per heavy atom. The zero-order valence-electron chi connectivity index (χ0n) is 11.6. The van der Waals surface area contributed by atoms with E-state index in [-0.39, 0.29) is 5.75 Å². The van der Waals surface area contributed by atoms with Gasteiger partial charge in [-0.1, -0.05) is 6.07 Å². The molecule has 0 aliphatic rings. The van der Waals surface area contributed by atoms with E-state index in [1.165, 1.54) is 0 Å². The Morgan fingerprint density at radius 1 is 1.21 bits per heavy atom. The second kappa shape index (κ2) is 7.26. The van der Waals surface area contributed by atoms with Gasteiger partial charge in [-0.15, -0.1) is 0 Å². The molecule has 0 saturated carbocycles. The number of unbranched alkanes of at least 4 members (excludes halogenated alkanes) is 1. The lowest BCUT2D eigenvalue weighted by molar-refractivity contribution is 0.595. The summed E-state index contributed by atoms with van der Waals surface area (Å²) >= 11 is 3.41. The summed E-state index contributed by atoms with van der Waals surface area (Å²) in [6, 6.07) is 3.87. The first kappa shape index (κ1) is 16.5. The lowest BCUT2D eigenvalue weighted by Crippen LogP contribution is -2.19. The molecule has 0 heterocycles. The van der Waals surface area contributed by atoms with Gasteiger partial charge in [0.2, 0.25) is 10.0 Å². The van der Waals surface area contributed by atoms with E-state index in [2.05, 4.69) is 26.0 Å². The van der Waals surface area contributed by atoms with Crippen molar-refractivity contribution < 1.29 is 8.42 Å². The zero-order chi connectivity index (χ0) is 14.5. The first-order valence-electron chi connectivity index (χ1n) is 6.27. The molecule has 0 aromatic heterocycles. The molecule has 0 spiro atoms. The van der Waals surface area contributed by atoms with Crippen molar-refractivity contribution in [2.24, 2.45) is 0 Å². The Kier molecular flexibility index (Phi) is 6.29. The molecule has 1 aromatic carbocycles. The number of aryl methyl sites for hydroxylation is 2. The largest absolute Gasteiger partial charge is 0.320 e. The molecule has 1 rings (SSSR count). The highest BCUT2D eigenvalue weighted by Crippen LogP contribution is 2.28. The quantitative estimate of drug-likeness (QED) is 0.745. The smallest absolute Gasteiger partial charge is 0.232 e. The van der Waals surface area contributed by atoms with Crippen LogP contribution in [0.25, 0.3) is 0 Å². The molecule has 19 heavy (non-hydrogen) atoms. The SMILES string of the molecule is CNCCCCS(=O)(=O)Nc1c(C)cc(C)cc1Br. The van der Waals surface area contributed by atoms with E-state index in [0.717, 1.165) is 28.6 Å². The highest BCUT2D eigenvalue weighted by atomic mass is 79.9. The van der Waals surface area contributed by atoms with E-state index in [4.69, 9.17) is 0 Å². The van der Waals surface area contributed by atoms with Gasteiger partial charge >= 0.3 is 0 Å². The first-order chi connectivity index (χ1) is 8.85. The number of nitrogens with one attached hydrogen (secondary N) is 2. The molecular formula is C13H21BrN2O2S. The lowest BCUT2D eigenvalue weighted by atomic mass is 10.1. The van der Waals surface area contributed by atoms with E-state index in [1.807, 2.05) is 33.0 Å². The van der Waals surface area contributed by atoms with Crippen LogP contribution in [0, 0.1) is 13.8 Å². The van der Waals surface area contributed by atoms with Gasteiger partial charge in [0.15, 0.2) is 0 Å². The third-order valence-corrected chi connectivity index (χ3v) is 4.75. The third kappa shape index (κ3) is 5.50. The summed E-state index contributed by atoms with van der Waals surface area (Å²) < 4.78 is 27.4. The van der Waals surface area contributed by atoms with Crippen molar-refractivity contribution in [2.75, 3.05) is 24.1 Å². The van der Waals surface area contributed by atoms with Crippen molar-refractivity contribution in [2.45, 2.75) is 26.7 Å². The van der Waals surface area contributed by atoms with Crippen LogP contribution < -0.4 is 10.0 Å². The fourth-order valence-corrected chi connectivity index (χ4v) is 4.02. The molecule has 4 nitrogen and oxygen atoms in total. The number of rotatable bonds is 7. The highest BCUT2D eigenvalue weighted by molar-refractivity contribution is 9.10. The van der Waals surface area contributed by atoms with Crippen molar-refractivity contribution in [3.05, 3.63) is 27.7 Å². The van der Waals surface area contributed by atoms with E-state index in [9.17, 15) is 8.42 Å². The topological polar surface area (TPSA) is 58.2 Å². The van der Waals surface area contributed by atoms with Gasteiger partial charge in [-0.25, -0.2) is 8.42 Å². The van der Waals surface area contributed by atoms with Gasteiger partial charge in [0.05, 0.1) is 11.4 Å². The fraction of sp³-hybridized carbons (Fsp3) is 0.538. The minimum Gasteiger partial charge on any atom is -0.320 e. The molecule has 0 aliphatic heterocycles. The number of benzene rings is 1. The second-order valence-electron chi connectivity index (χ2n) is 4.67. The molecule has 108 valence electrons. The van der Waals surface area contributed by atoms with Crippen molar-refractivity contribution in [1.29, 1.82) is 0 Å². The van der Waals surface area contributed by atoms with E-state index in [0.29, 0.717) is 12.1 Å². The first-order valence-corrected chi connectivity index (χ1v) is 8.72. The Balaban J connectivity index is 2.73. The van der Waals surface area contributed by atoms with Gasteiger partial charge in [0.1, 0.15) is 0 Å². The number of halogens is 1. The molecule has 2 N–H and O–H groups in total. The van der Waals surface area contributed by atoms with Crippen LogP contribution in [0.1, 0.15) is 24.0 Å². The summed E-state index contributed by atoms with van der Waals surface area (Å²) in [6.45, 7) is 4.72. The van der Waals surface area contributed by atoms with Crippen LogP contribution in [0.4, 0.5) is 5.69 Å². The van der Waals surface area contributed by atoms with Crippen molar-refractivity contribution >= 4 is 31.6 Å². The van der Waals surface area contributed by atoms with Crippen LogP contribution >= 0.6 is 15.9 Å². The minimum absolute atomic E-state index is 0.147. The average Bonchev–Trinajstić information content (AvgIpc) is 2.29. The monoisotopic (exact) mass is 348 g/mol. The minimum atomic E-state index is -3.28. The van der Waals surface area contributed by atoms with Crippen LogP contribution in [0.15, 0.2) is 16.6 Å². The molecule has 0 fully saturated rings. The second-order valence-corrected chi connectivity index (χ2v) is 7.37. The Hall–Kier alpha value is -0.590. The molecular weight excluding hydrogens is 328 g/mol. The van der Waals surface area contributed by atoms with Gasteiger partial charge < -0.3 is 5.32 Å². The fourth-order valence-electron chi connectivity index (χ4n) is 1.85. The van der Waals surface area contributed by atoms with Crippen LogP contribution in [0.5, 0.6) is 0 Å². The summed E-state index contributed by atoms with van der Waals surface area (Å²) in [7, 11) is -1.42. The van der Waals surface area contributed by atoms with Crippen molar-refractivity contribution in [3.63, 3.8) is 0 Å². The summed E-state index contributed by atoms with van der Waals surface area (Å²) in [5.41, 5.74) is 2.66. The van der Waals surface area contributed by atoms with E-state index < -0.39 is 10.0 Å². The Morgan fingerprint density at radius 3 is 2.47 bits per heavy atom. The molecule has 0 unspecified atom stereocenters. The lowest BCUT2D eigenvalue weighted by Gasteiger charge is -2.13. The van der Waals surface area contributed by atoms with Gasteiger partial charge in [-0.05, 0) is 73.4 Å². The maximum Gasteiger partial charge on any atom is 0.232 e. The predicted octanol–water partition coefficient (Wildman–Crippen LogP) is 2.81. The number of hydrogen-bond donors (Lipinski definition) is 2.